The second kappa shape index (κ2) is 5.03. The summed E-state index contributed by atoms with van der Waals surface area (Å²) in [5.41, 5.74) is 0.557. The minimum Gasteiger partial charge on any atom is -0.384 e. The number of benzene rings is 1. The van der Waals surface area contributed by atoms with Crippen LogP contribution >= 0.6 is 0 Å². The fourth-order valence-corrected chi connectivity index (χ4v) is 2.57. The van der Waals surface area contributed by atoms with Gasteiger partial charge in [0.05, 0.1) is 12.3 Å². The Morgan fingerprint density at radius 1 is 1.41 bits per heavy atom. The quantitative estimate of drug-likeness (QED) is 0.834. The zero-order valence-electron chi connectivity index (χ0n) is 9.43. The third-order valence-electron chi connectivity index (χ3n) is 2.80. The number of primary sulfonamides is 1. The second-order valence-electron chi connectivity index (χ2n) is 4.15. The van der Waals surface area contributed by atoms with Gasteiger partial charge in [0.25, 0.3) is 0 Å². The Morgan fingerprint density at radius 3 is 2.82 bits per heavy atom. The first-order valence-corrected chi connectivity index (χ1v) is 7.05. The zero-order chi connectivity index (χ0) is 12.3. The highest BCUT2D eigenvalue weighted by molar-refractivity contribution is 7.89. The molecule has 0 aliphatic carbocycles. The number of anilines is 1. The van der Waals surface area contributed by atoms with E-state index in [1.54, 1.807) is 18.2 Å². The van der Waals surface area contributed by atoms with E-state index in [1.165, 1.54) is 6.07 Å². The molecule has 1 heterocycles. The zero-order valence-corrected chi connectivity index (χ0v) is 10.2. The van der Waals surface area contributed by atoms with Crippen molar-refractivity contribution in [3.05, 3.63) is 24.3 Å². The van der Waals surface area contributed by atoms with Crippen molar-refractivity contribution in [2.45, 2.75) is 11.3 Å². The maximum Gasteiger partial charge on any atom is 0.240 e. The molecule has 1 aromatic carbocycles. The van der Waals surface area contributed by atoms with E-state index in [0.717, 1.165) is 19.6 Å². The minimum absolute atomic E-state index is 0.138. The third-order valence-corrected chi connectivity index (χ3v) is 3.77. The molecule has 1 aromatic rings. The van der Waals surface area contributed by atoms with Crippen LogP contribution in [0.4, 0.5) is 5.69 Å². The molecule has 94 valence electrons. The van der Waals surface area contributed by atoms with Gasteiger partial charge in [0, 0.05) is 19.1 Å². The summed E-state index contributed by atoms with van der Waals surface area (Å²) in [6, 6.07) is 6.66. The predicted octanol–water partition coefficient (Wildman–Crippen LogP) is 0.782. The number of rotatable bonds is 4. The second-order valence-corrected chi connectivity index (χ2v) is 5.68. The van der Waals surface area contributed by atoms with Crippen LogP contribution in [0.15, 0.2) is 29.2 Å². The van der Waals surface area contributed by atoms with Gasteiger partial charge in [0.15, 0.2) is 0 Å². The summed E-state index contributed by atoms with van der Waals surface area (Å²) in [5.74, 6) is 0.434. The van der Waals surface area contributed by atoms with Crippen molar-refractivity contribution in [3.8, 4) is 0 Å². The first-order valence-electron chi connectivity index (χ1n) is 5.51. The van der Waals surface area contributed by atoms with Crippen LogP contribution in [0.3, 0.4) is 0 Å². The van der Waals surface area contributed by atoms with Crippen molar-refractivity contribution in [1.82, 2.24) is 0 Å². The number of para-hydroxylation sites is 1. The van der Waals surface area contributed by atoms with Gasteiger partial charge in [-0.15, -0.1) is 0 Å². The first-order chi connectivity index (χ1) is 8.07. The van der Waals surface area contributed by atoms with Crippen LogP contribution in [0.5, 0.6) is 0 Å². The van der Waals surface area contributed by atoms with E-state index in [9.17, 15) is 8.42 Å². The van der Waals surface area contributed by atoms with E-state index >= 15 is 0 Å². The molecule has 1 aliphatic heterocycles. The summed E-state index contributed by atoms with van der Waals surface area (Å²) in [5, 5.41) is 8.27. The van der Waals surface area contributed by atoms with Gasteiger partial charge in [-0.05, 0) is 18.6 Å². The molecule has 0 radical (unpaired) electrons. The summed E-state index contributed by atoms with van der Waals surface area (Å²) in [4.78, 5) is 0.138. The van der Waals surface area contributed by atoms with E-state index in [1.807, 2.05) is 0 Å². The van der Waals surface area contributed by atoms with E-state index < -0.39 is 10.0 Å². The van der Waals surface area contributed by atoms with Crippen LogP contribution in [0.2, 0.25) is 0 Å². The average Bonchev–Trinajstić information content (AvgIpc) is 2.78. The van der Waals surface area contributed by atoms with Gasteiger partial charge in [-0.3, -0.25) is 0 Å². The molecule has 1 aliphatic rings. The molecule has 2 rings (SSSR count). The molecule has 0 aromatic heterocycles. The van der Waals surface area contributed by atoms with Crippen LogP contribution in [-0.4, -0.2) is 28.2 Å². The van der Waals surface area contributed by atoms with Gasteiger partial charge in [0.2, 0.25) is 10.0 Å². The van der Waals surface area contributed by atoms with Gasteiger partial charge in [0.1, 0.15) is 4.90 Å². The maximum atomic E-state index is 11.4. The van der Waals surface area contributed by atoms with Gasteiger partial charge in [-0.1, -0.05) is 12.1 Å². The molecule has 17 heavy (non-hydrogen) atoms. The number of hydrogen-bond donors (Lipinski definition) is 2. The van der Waals surface area contributed by atoms with Crippen LogP contribution in [0.1, 0.15) is 6.42 Å². The van der Waals surface area contributed by atoms with Crippen molar-refractivity contribution >= 4 is 15.7 Å². The Labute approximate surface area is 101 Å². The molecule has 0 spiro atoms. The maximum absolute atomic E-state index is 11.4. The lowest BCUT2D eigenvalue weighted by Crippen LogP contribution is -2.18. The van der Waals surface area contributed by atoms with Crippen LogP contribution in [-0.2, 0) is 14.8 Å². The molecular weight excluding hydrogens is 240 g/mol. The Bertz CT molecular complexity index is 481. The van der Waals surface area contributed by atoms with Crippen LogP contribution < -0.4 is 10.5 Å². The molecule has 5 nitrogen and oxygen atoms in total. The lowest BCUT2D eigenvalue weighted by molar-refractivity contribution is 0.187. The molecule has 6 heteroatoms. The Morgan fingerprint density at radius 2 is 2.18 bits per heavy atom. The van der Waals surface area contributed by atoms with Gasteiger partial charge in [-0.25, -0.2) is 13.6 Å². The summed E-state index contributed by atoms with van der Waals surface area (Å²) in [6.45, 7) is 2.21. The van der Waals surface area contributed by atoms with Gasteiger partial charge in [-0.2, -0.15) is 0 Å². The van der Waals surface area contributed by atoms with Crippen LogP contribution in [0.25, 0.3) is 0 Å². The summed E-state index contributed by atoms with van der Waals surface area (Å²) >= 11 is 0. The monoisotopic (exact) mass is 256 g/mol. The standard InChI is InChI=1S/C11H16N2O3S/c12-17(14,15)11-4-2-1-3-10(11)13-7-9-5-6-16-8-9/h1-4,9,13H,5-8H2,(H2,12,14,15). The summed E-state index contributed by atoms with van der Waals surface area (Å²) in [6.07, 6.45) is 1.00. The normalized spacial score (nSPS) is 20.4. The van der Waals surface area contributed by atoms with Crippen molar-refractivity contribution in [2.24, 2.45) is 11.1 Å². The van der Waals surface area contributed by atoms with Crippen molar-refractivity contribution in [2.75, 3.05) is 25.1 Å². The lowest BCUT2D eigenvalue weighted by Gasteiger charge is -2.13. The SMILES string of the molecule is NS(=O)(=O)c1ccccc1NCC1CCOC1. The highest BCUT2D eigenvalue weighted by Gasteiger charge is 2.17. The van der Waals surface area contributed by atoms with E-state index in [2.05, 4.69) is 5.32 Å². The molecule has 1 saturated heterocycles. The number of ether oxygens (including phenoxy) is 1. The Balaban J connectivity index is 2.09. The van der Waals surface area contributed by atoms with E-state index in [-0.39, 0.29) is 4.90 Å². The fourth-order valence-electron chi connectivity index (χ4n) is 1.86. The number of sulfonamides is 1. The van der Waals surface area contributed by atoms with Crippen molar-refractivity contribution in [1.29, 1.82) is 0 Å². The largest absolute Gasteiger partial charge is 0.384 e. The molecular formula is C11H16N2O3S. The van der Waals surface area contributed by atoms with E-state index in [0.29, 0.717) is 18.2 Å². The number of nitrogens with two attached hydrogens (primary N) is 1. The molecule has 1 atom stereocenters. The van der Waals surface area contributed by atoms with E-state index in [4.69, 9.17) is 9.88 Å². The van der Waals surface area contributed by atoms with Crippen molar-refractivity contribution < 1.29 is 13.2 Å². The predicted molar refractivity (Wildman–Crippen MR) is 65.2 cm³/mol. The molecule has 3 N–H and O–H groups in total. The summed E-state index contributed by atoms with van der Waals surface area (Å²) in [7, 11) is -3.67. The highest BCUT2D eigenvalue weighted by atomic mass is 32.2. The molecule has 0 saturated carbocycles. The molecule has 1 fully saturated rings. The highest BCUT2D eigenvalue weighted by Crippen LogP contribution is 2.21. The topological polar surface area (TPSA) is 81.4 Å². The van der Waals surface area contributed by atoms with Gasteiger partial charge < -0.3 is 10.1 Å². The Hall–Kier alpha value is -1.11. The third kappa shape index (κ3) is 3.18. The van der Waals surface area contributed by atoms with Crippen LogP contribution in [0, 0.1) is 5.92 Å². The molecule has 0 bridgehead atoms. The lowest BCUT2D eigenvalue weighted by atomic mass is 10.1. The summed E-state index contributed by atoms with van der Waals surface area (Å²) < 4.78 is 28.0. The first kappa shape index (κ1) is 12.3. The smallest absolute Gasteiger partial charge is 0.240 e. The fraction of sp³-hybridized carbons (Fsp3) is 0.455. The molecule has 0 amide bonds. The minimum atomic E-state index is -3.67. The molecule has 1 unspecified atom stereocenters. The van der Waals surface area contributed by atoms with Gasteiger partial charge >= 0.3 is 0 Å². The Kier molecular flexibility index (Phi) is 3.66. The average molecular weight is 256 g/mol. The van der Waals surface area contributed by atoms with Crippen molar-refractivity contribution in [3.63, 3.8) is 0 Å². The number of nitrogens with one attached hydrogen (secondary N) is 1. The number of hydrogen-bond acceptors (Lipinski definition) is 4.